The van der Waals surface area contributed by atoms with Crippen LogP contribution in [-0.2, 0) is 9.47 Å². The van der Waals surface area contributed by atoms with Gasteiger partial charge in [0.2, 0.25) is 0 Å². The maximum Gasteiger partial charge on any atom is 0.140 e. The monoisotopic (exact) mass is 373 g/mol. The van der Waals surface area contributed by atoms with Crippen LogP contribution in [-0.4, -0.2) is 36.1 Å². The number of hydrogen-bond acceptors (Lipinski definition) is 4. The Balaban J connectivity index is 1.94. The quantitative estimate of drug-likeness (QED) is 0.612. The van der Waals surface area contributed by atoms with E-state index in [0.717, 1.165) is 18.6 Å². The molecule has 1 aromatic rings. The summed E-state index contributed by atoms with van der Waals surface area (Å²) in [6.07, 6.45) is 4.44. The van der Waals surface area contributed by atoms with E-state index < -0.39 is 0 Å². The molecule has 2 aliphatic rings. The SMILES string of the molecule is COC[C@H]1[C@H](c2ccccc2)O[C@]2(C)CCC(C)=C(SCC=C(C)C)N12. The first-order chi connectivity index (χ1) is 12.5. The lowest BCUT2D eigenvalue weighted by molar-refractivity contribution is -0.0880. The van der Waals surface area contributed by atoms with E-state index >= 15 is 0 Å². The summed E-state index contributed by atoms with van der Waals surface area (Å²) in [5, 5.41) is 1.37. The summed E-state index contributed by atoms with van der Waals surface area (Å²) in [6, 6.07) is 10.8. The minimum atomic E-state index is -0.267. The second-order valence-corrected chi connectivity index (χ2v) is 8.70. The fourth-order valence-electron chi connectivity index (χ4n) is 3.92. The third kappa shape index (κ3) is 3.88. The van der Waals surface area contributed by atoms with Crippen molar-refractivity contribution in [3.05, 3.63) is 58.1 Å². The van der Waals surface area contributed by atoms with Crippen LogP contribution >= 0.6 is 11.8 Å². The Bertz CT molecular complexity index is 681. The second-order valence-electron chi connectivity index (χ2n) is 7.69. The smallest absolute Gasteiger partial charge is 0.140 e. The molecule has 1 fully saturated rings. The molecule has 0 spiro atoms. The average molecular weight is 374 g/mol. The van der Waals surface area contributed by atoms with E-state index in [2.05, 4.69) is 69.0 Å². The zero-order valence-electron chi connectivity index (χ0n) is 16.6. The number of ether oxygens (including phenoxy) is 2. The molecule has 0 saturated carbocycles. The molecular weight excluding hydrogens is 342 g/mol. The summed E-state index contributed by atoms with van der Waals surface area (Å²) >= 11 is 1.93. The summed E-state index contributed by atoms with van der Waals surface area (Å²) in [5.41, 5.74) is 3.79. The van der Waals surface area contributed by atoms with Crippen LogP contribution in [0, 0.1) is 0 Å². The van der Waals surface area contributed by atoms with Gasteiger partial charge >= 0.3 is 0 Å². The predicted octanol–water partition coefficient (Wildman–Crippen LogP) is 5.52. The molecule has 3 nitrogen and oxygen atoms in total. The molecule has 3 rings (SSSR count). The van der Waals surface area contributed by atoms with E-state index in [1.807, 2.05) is 11.8 Å². The lowest BCUT2D eigenvalue weighted by Crippen LogP contribution is -2.48. The van der Waals surface area contributed by atoms with Crippen LogP contribution in [0.15, 0.2) is 52.6 Å². The minimum Gasteiger partial charge on any atom is -0.382 e. The van der Waals surface area contributed by atoms with Gasteiger partial charge in [-0.3, -0.25) is 0 Å². The number of fused-ring (bicyclic) bond motifs is 1. The van der Waals surface area contributed by atoms with Crippen LogP contribution in [0.5, 0.6) is 0 Å². The van der Waals surface area contributed by atoms with Crippen LogP contribution in [0.1, 0.15) is 52.2 Å². The summed E-state index contributed by atoms with van der Waals surface area (Å²) in [4.78, 5) is 2.51. The van der Waals surface area contributed by atoms with Crippen LogP contribution < -0.4 is 0 Å². The standard InChI is InChI=1S/C22H31NO2S/c1-16(2)12-14-26-21-17(3)11-13-22(4)23(21)19(15-24-5)20(25-22)18-9-7-6-8-10-18/h6-10,12,19-20H,11,13-15H2,1-5H3/t19-,20-,22+/m0/s1. The van der Waals surface area contributed by atoms with Gasteiger partial charge < -0.3 is 14.4 Å². The molecule has 0 bridgehead atoms. The molecule has 142 valence electrons. The van der Waals surface area contributed by atoms with Crippen molar-refractivity contribution in [2.45, 2.75) is 58.4 Å². The zero-order valence-corrected chi connectivity index (χ0v) is 17.4. The van der Waals surface area contributed by atoms with Gasteiger partial charge in [-0.2, -0.15) is 0 Å². The van der Waals surface area contributed by atoms with E-state index in [9.17, 15) is 0 Å². The minimum absolute atomic E-state index is 0.0334. The number of nitrogens with zero attached hydrogens (tertiary/aromatic N) is 1. The molecule has 3 atom stereocenters. The number of benzene rings is 1. The number of thioether (sulfide) groups is 1. The Kier molecular flexibility index (Phi) is 6.16. The zero-order chi connectivity index (χ0) is 18.7. The Labute approximate surface area is 162 Å². The van der Waals surface area contributed by atoms with Crippen LogP contribution in [0.2, 0.25) is 0 Å². The molecular formula is C22H31NO2S. The van der Waals surface area contributed by atoms with Crippen LogP contribution in [0.25, 0.3) is 0 Å². The van der Waals surface area contributed by atoms with Gasteiger partial charge in [-0.15, -0.1) is 11.8 Å². The van der Waals surface area contributed by atoms with Gasteiger partial charge in [0, 0.05) is 12.9 Å². The van der Waals surface area contributed by atoms with Crippen molar-refractivity contribution in [1.29, 1.82) is 0 Å². The van der Waals surface area contributed by atoms with Crippen molar-refractivity contribution in [1.82, 2.24) is 4.90 Å². The highest BCUT2D eigenvalue weighted by atomic mass is 32.2. The molecule has 1 aromatic carbocycles. The molecule has 0 unspecified atom stereocenters. The van der Waals surface area contributed by atoms with Crippen LogP contribution in [0.4, 0.5) is 0 Å². The fourth-order valence-corrected chi connectivity index (χ4v) is 5.31. The van der Waals surface area contributed by atoms with Crippen LogP contribution in [0.3, 0.4) is 0 Å². The molecule has 0 radical (unpaired) electrons. The molecule has 0 amide bonds. The van der Waals surface area contributed by atoms with Gasteiger partial charge in [0.15, 0.2) is 0 Å². The molecule has 26 heavy (non-hydrogen) atoms. The lowest BCUT2D eigenvalue weighted by Gasteiger charge is -2.43. The Morgan fingerprint density at radius 1 is 1.35 bits per heavy atom. The number of methoxy groups -OCH3 is 1. The normalized spacial score (nSPS) is 28.3. The summed E-state index contributed by atoms with van der Waals surface area (Å²) in [6.45, 7) is 9.49. The molecule has 0 aliphatic carbocycles. The maximum absolute atomic E-state index is 6.69. The van der Waals surface area contributed by atoms with Gasteiger partial charge in [0.25, 0.3) is 0 Å². The van der Waals surface area contributed by atoms with Crippen molar-refractivity contribution < 1.29 is 9.47 Å². The summed E-state index contributed by atoms with van der Waals surface area (Å²) in [7, 11) is 1.79. The van der Waals surface area contributed by atoms with Gasteiger partial charge in [-0.25, -0.2) is 0 Å². The van der Waals surface area contributed by atoms with Gasteiger partial charge in [-0.1, -0.05) is 42.0 Å². The molecule has 2 aliphatic heterocycles. The van der Waals surface area contributed by atoms with Crippen molar-refractivity contribution in [3.8, 4) is 0 Å². The van der Waals surface area contributed by atoms with Gasteiger partial charge in [0.05, 0.1) is 17.7 Å². The van der Waals surface area contributed by atoms with Crippen molar-refractivity contribution >= 4 is 11.8 Å². The Hall–Kier alpha value is -1.23. The molecule has 1 saturated heterocycles. The first-order valence-corrected chi connectivity index (χ1v) is 10.4. The molecule has 4 heteroatoms. The third-order valence-corrected chi connectivity index (χ3v) is 6.45. The van der Waals surface area contributed by atoms with E-state index in [0.29, 0.717) is 6.61 Å². The molecule has 0 aromatic heterocycles. The number of allylic oxidation sites excluding steroid dienone is 2. The molecule has 2 heterocycles. The summed E-state index contributed by atoms with van der Waals surface area (Å²) < 4.78 is 12.3. The predicted molar refractivity (Wildman–Crippen MR) is 110 cm³/mol. The number of rotatable bonds is 6. The van der Waals surface area contributed by atoms with Gasteiger partial charge in [-0.05, 0) is 51.7 Å². The first-order valence-electron chi connectivity index (χ1n) is 9.43. The highest BCUT2D eigenvalue weighted by molar-refractivity contribution is 8.03. The Morgan fingerprint density at radius 2 is 2.08 bits per heavy atom. The summed E-state index contributed by atoms with van der Waals surface area (Å²) in [5.74, 6) is 0.997. The van der Waals surface area contributed by atoms with Crippen molar-refractivity contribution in [2.24, 2.45) is 0 Å². The first kappa shape index (κ1) is 19.5. The molecule has 0 N–H and O–H groups in total. The van der Waals surface area contributed by atoms with Crippen molar-refractivity contribution in [3.63, 3.8) is 0 Å². The van der Waals surface area contributed by atoms with E-state index in [1.54, 1.807) is 7.11 Å². The maximum atomic E-state index is 6.69. The van der Waals surface area contributed by atoms with Crippen molar-refractivity contribution in [2.75, 3.05) is 19.5 Å². The van der Waals surface area contributed by atoms with E-state index in [-0.39, 0.29) is 17.9 Å². The second kappa shape index (κ2) is 8.20. The average Bonchev–Trinajstić information content (AvgIpc) is 2.91. The third-order valence-electron chi connectivity index (χ3n) is 5.30. The topological polar surface area (TPSA) is 21.7 Å². The van der Waals surface area contributed by atoms with Gasteiger partial charge in [0.1, 0.15) is 11.8 Å². The lowest BCUT2D eigenvalue weighted by atomic mass is 9.97. The largest absolute Gasteiger partial charge is 0.382 e. The van der Waals surface area contributed by atoms with E-state index in [4.69, 9.17) is 9.47 Å². The number of hydrogen-bond donors (Lipinski definition) is 0. The highest BCUT2D eigenvalue weighted by Gasteiger charge is 2.52. The Morgan fingerprint density at radius 3 is 2.73 bits per heavy atom. The highest BCUT2D eigenvalue weighted by Crippen LogP contribution is 2.51. The fraction of sp³-hybridized carbons (Fsp3) is 0.545. The van der Waals surface area contributed by atoms with E-state index in [1.165, 1.54) is 21.7 Å².